The smallest absolute Gasteiger partial charge is 0.254 e. The number of rotatable bonds is 5. The van der Waals surface area contributed by atoms with E-state index in [0.29, 0.717) is 6.10 Å². The van der Waals surface area contributed by atoms with Gasteiger partial charge in [0, 0.05) is 11.1 Å². The second-order valence-corrected chi connectivity index (χ2v) is 5.15. The molecule has 0 amide bonds. The van der Waals surface area contributed by atoms with Gasteiger partial charge in [0.2, 0.25) is 0 Å². The molecule has 1 aromatic carbocycles. The highest BCUT2D eigenvalue weighted by Crippen LogP contribution is 2.28. The number of aromatic amines is 1. The van der Waals surface area contributed by atoms with Crippen LogP contribution in [0, 0.1) is 0 Å². The maximum absolute atomic E-state index is 11.9. The number of hydrogen-bond acceptors (Lipinski definition) is 3. The van der Waals surface area contributed by atoms with Crippen LogP contribution in [0.3, 0.4) is 0 Å². The van der Waals surface area contributed by atoms with E-state index in [1.54, 1.807) is 0 Å². The molecule has 4 nitrogen and oxygen atoms in total. The van der Waals surface area contributed by atoms with E-state index >= 15 is 0 Å². The molecular weight excluding hydrogens is 252 g/mol. The molecule has 20 heavy (non-hydrogen) atoms. The molecule has 104 valence electrons. The van der Waals surface area contributed by atoms with Gasteiger partial charge in [0.25, 0.3) is 5.56 Å². The number of hydrogen-bond donors (Lipinski definition) is 1. The minimum absolute atomic E-state index is 0.0462. The summed E-state index contributed by atoms with van der Waals surface area (Å²) in [4.78, 5) is 18.9. The quantitative estimate of drug-likeness (QED) is 0.908. The number of nitrogens with one attached hydrogen (secondary N) is 1. The predicted octanol–water partition coefficient (Wildman–Crippen LogP) is 2.93. The van der Waals surface area contributed by atoms with E-state index in [2.05, 4.69) is 16.9 Å². The van der Waals surface area contributed by atoms with Crippen LogP contribution in [0.15, 0.2) is 35.4 Å². The molecule has 1 fully saturated rings. The highest BCUT2D eigenvalue weighted by Gasteiger charge is 2.23. The standard InChI is InChI=1S/C16H18N2O2/c1-2-3-14-15(17-10-18-16(14)19)11-4-6-12(7-5-11)20-13-8-9-13/h4-7,10,13H,2-3,8-9H2,1H3,(H,17,18,19). The number of nitrogens with zero attached hydrogens (tertiary/aromatic N) is 1. The van der Waals surface area contributed by atoms with Gasteiger partial charge in [-0.15, -0.1) is 0 Å². The summed E-state index contributed by atoms with van der Waals surface area (Å²) < 4.78 is 5.73. The Bertz CT molecular complexity index is 642. The molecule has 0 atom stereocenters. The first-order valence-electron chi connectivity index (χ1n) is 7.11. The molecule has 0 bridgehead atoms. The van der Waals surface area contributed by atoms with Crippen molar-refractivity contribution >= 4 is 0 Å². The first-order chi connectivity index (χ1) is 9.78. The molecule has 0 spiro atoms. The van der Waals surface area contributed by atoms with Gasteiger partial charge in [-0.25, -0.2) is 4.98 Å². The molecule has 1 saturated carbocycles. The molecule has 0 saturated heterocycles. The van der Waals surface area contributed by atoms with E-state index < -0.39 is 0 Å². The van der Waals surface area contributed by atoms with Crippen LogP contribution < -0.4 is 10.3 Å². The fraction of sp³-hybridized carbons (Fsp3) is 0.375. The zero-order chi connectivity index (χ0) is 13.9. The van der Waals surface area contributed by atoms with Crippen molar-refractivity contribution in [3.05, 3.63) is 46.5 Å². The third-order valence-electron chi connectivity index (χ3n) is 3.40. The lowest BCUT2D eigenvalue weighted by molar-refractivity contribution is 0.303. The molecule has 0 unspecified atom stereocenters. The second kappa shape index (κ2) is 5.49. The van der Waals surface area contributed by atoms with Crippen LogP contribution in [-0.2, 0) is 6.42 Å². The van der Waals surface area contributed by atoms with Crippen LogP contribution in [0.25, 0.3) is 11.3 Å². The van der Waals surface area contributed by atoms with Gasteiger partial charge in [-0.3, -0.25) is 4.79 Å². The van der Waals surface area contributed by atoms with Crippen molar-refractivity contribution in [2.75, 3.05) is 0 Å². The summed E-state index contributed by atoms with van der Waals surface area (Å²) in [5.41, 5.74) is 2.44. The Morgan fingerprint density at radius 2 is 2.05 bits per heavy atom. The summed E-state index contributed by atoms with van der Waals surface area (Å²) in [7, 11) is 0. The molecule has 2 aromatic rings. The Morgan fingerprint density at radius 1 is 1.30 bits per heavy atom. The number of ether oxygens (including phenoxy) is 1. The van der Waals surface area contributed by atoms with Crippen LogP contribution in [0.5, 0.6) is 5.75 Å². The number of H-pyrrole nitrogens is 1. The summed E-state index contributed by atoms with van der Waals surface area (Å²) >= 11 is 0. The van der Waals surface area contributed by atoms with Gasteiger partial charge in [-0.2, -0.15) is 0 Å². The van der Waals surface area contributed by atoms with Crippen LogP contribution in [-0.4, -0.2) is 16.1 Å². The van der Waals surface area contributed by atoms with Crippen LogP contribution in [0.1, 0.15) is 31.7 Å². The molecule has 1 heterocycles. The number of benzene rings is 1. The van der Waals surface area contributed by atoms with Crippen molar-refractivity contribution < 1.29 is 4.74 Å². The van der Waals surface area contributed by atoms with Crippen LogP contribution in [0.4, 0.5) is 0 Å². The Morgan fingerprint density at radius 3 is 2.70 bits per heavy atom. The Balaban J connectivity index is 1.91. The number of aromatic nitrogens is 2. The maximum Gasteiger partial charge on any atom is 0.254 e. The van der Waals surface area contributed by atoms with Crippen molar-refractivity contribution in [1.82, 2.24) is 9.97 Å². The van der Waals surface area contributed by atoms with Crippen molar-refractivity contribution in [2.45, 2.75) is 38.7 Å². The second-order valence-electron chi connectivity index (χ2n) is 5.15. The van der Waals surface area contributed by atoms with Gasteiger partial charge in [-0.05, 0) is 43.5 Å². The zero-order valence-electron chi connectivity index (χ0n) is 11.6. The van der Waals surface area contributed by atoms with Crippen LogP contribution in [0.2, 0.25) is 0 Å². The van der Waals surface area contributed by atoms with Crippen molar-refractivity contribution in [2.24, 2.45) is 0 Å². The van der Waals surface area contributed by atoms with Gasteiger partial charge in [0.05, 0.1) is 18.1 Å². The van der Waals surface area contributed by atoms with Gasteiger partial charge >= 0.3 is 0 Å². The summed E-state index contributed by atoms with van der Waals surface area (Å²) in [5, 5.41) is 0. The van der Waals surface area contributed by atoms with Gasteiger partial charge in [-0.1, -0.05) is 13.3 Å². The Labute approximate surface area is 117 Å². The molecule has 1 aliphatic rings. The highest BCUT2D eigenvalue weighted by molar-refractivity contribution is 5.63. The maximum atomic E-state index is 11.9. The first kappa shape index (κ1) is 12.9. The normalized spacial score (nSPS) is 14.2. The lowest BCUT2D eigenvalue weighted by atomic mass is 10.0. The largest absolute Gasteiger partial charge is 0.490 e. The average molecular weight is 270 g/mol. The van der Waals surface area contributed by atoms with Crippen molar-refractivity contribution in [3.63, 3.8) is 0 Å². The fourth-order valence-electron chi connectivity index (χ4n) is 2.23. The molecule has 1 aliphatic carbocycles. The van der Waals surface area contributed by atoms with E-state index in [4.69, 9.17) is 4.74 Å². The molecule has 0 aliphatic heterocycles. The minimum atomic E-state index is -0.0462. The minimum Gasteiger partial charge on any atom is -0.490 e. The monoisotopic (exact) mass is 270 g/mol. The summed E-state index contributed by atoms with van der Waals surface area (Å²) in [5.74, 6) is 0.887. The summed E-state index contributed by atoms with van der Waals surface area (Å²) in [6.45, 7) is 2.06. The van der Waals surface area contributed by atoms with Gasteiger partial charge < -0.3 is 9.72 Å². The van der Waals surface area contributed by atoms with E-state index in [1.165, 1.54) is 6.33 Å². The van der Waals surface area contributed by atoms with E-state index in [-0.39, 0.29) is 5.56 Å². The first-order valence-corrected chi connectivity index (χ1v) is 7.11. The van der Waals surface area contributed by atoms with Gasteiger partial charge in [0.15, 0.2) is 0 Å². The molecule has 1 N–H and O–H groups in total. The van der Waals surface area contributed by atoms with Crippen LogP contribution >= 0.6 is 0 Å². The predicted molar refractivity (Wildman–Crippen MR) is 77.9 cm³/mol. The highest BCUT2D eigenvalue weighted by atomic mass is 16.5. The Hall–Kier alpha value is -2.10. The lowest BCUT2D eigenvalue weighted by Crippen LogP contribution is -2.14. The summed E-state index contributed by atoms with van der Waals surface area (Å²) in [6.07, 6.45) is 5.82. The van der Waals surface area contributed by atoms with Gasteiger partial charge in [0.1, 0.15) is 5.75 Å². The zero-order valence-corrected chi connectivity index (χ0v) is 11.6. The molecule has 1 aromatic heterocycles. The van der Waals surface area contributed by atoms with Crippen molar-refractivity contribution in [1.29, 1.82) is 0 Å². The topological polar surface area (TPSA) is 55.0 Å². The van der Waals surface area contributed by atoms with E-state index in [1.807, 2.05) is 24.3 Å². The van der Waals surface area contributed by atoms with E-state index in [9.17, 15) is 4.79 Å². The van der Waals surface area contributed by atoms with Crippen molar-refractivity contribution in [3.8, 4) is 17.0 Å². The fourth-order valence-corrected chi connectivity index (χ4v) is 2.23. The third kappa shape index (κ3) is 2.74. The molecule has 0 radical (unpaired) electrons. The SMILES string of the molecule is CCCc1c(-c2ccc(OC3CC3)cc2)nc[nH]c1=O. The van der Waals surface area contributed by atoms with E-state index in [0.717, 1.165) is 48.3 Å². The third-order valence-corrected chi connectivity index (χ3v) is 3.40. The molecule has 3 rings (SSSR count). The summed E-state index contributed by atoms with van der Waals surface area (Å²) in [6, 6.07) is 7.84. The lowest BCUT2D eigenvalue weighted by Gasteiger charge is -2.08. The molecule has 4 heteroatoms. The molecular formula is C16H18N2O2. The average Bonchev–Trinajstić information content (AvgIpc) is 3.26. The Kier molecular flexibility index (Phi) is 3.54.